The number of hydrogen-bond donors (Lipinski definition) is 7. The van der Waals surface area contributed by atoms with Gasteiger partial charge in [-0.3, -0.25) is 0 Å². The second-order valence-electron chi connectivity index (χ2n) is 2.58. The monoisotopic (exact) mass is 285 g/mol. The van der Waals surface area contributed by atoms with E-state index in [1.165, 1.54) is 0 Å². The summed E-state index contributed by atoms with van der Waals surface area (Å²) in [6.07, 6.45) is -7.84. The van der Waals surface area contributed by atoms with Gasteiger partial charge in [0.1, 0.15) is 18.3 Å². The molecule has 0 fully saturated rings. The molecule has 0 bridgehead atoms. The van der Waals surface area contributed by atoms with Crippen molar-refractivity contribution in [3.63, 3.8) is 0 Å². The average Bonchev–Trinajstić information content (AvgIpc) is 2.25. The van der Waals surface area contributed by atoms with Crippen LogP contribution in [-0.2, 0) is 23.8 Å². The minimum atomic E-state index is -2.20. The summed E-state index contributed by atoms with van der Waals surface area (Å²) in [5, 5.41) is 51.8. The van der Waals surface area contributed by atoms with Gasteiger partial charge in [-0.15, -0.1) is 0 Å². The fraction of sp³-hybridized carbons (Fsp3) is 0.833. The second kappa shape index (κ2) is 9.75. The zero-order chi connectivity index (χ0) is 13.3. The molecule has 0 aromatic heterocycles. The summed E-state index contributed by atoms with van der Waals surface area (Å²) >= 11 is -1.00. The van der Waals surface area contributed by atoms with Crippen molar-refractivity contribution >= 4 is 5.97 Å². The molecule has 0 heterocycles. The Morgan fingerprint density at radius 3 is 1.75 bits per heavy atom. The van der Waals surface area contributed by atoms with Crippen LogP contribution in [0.3, 0.4) is 0 Å². The summed E-state index contributed by atoms with van der Waals surface area (Å²) < 4.78 is 15.5. The first-order valence-corrected chi connectivity index (χ1v) is 4.72. The van der Waals surface area contributed by atoms with Crippen molar-refractivity contribution in [1.29, 1.82) is 0 Å². The number of aliphatic hydroxyl groups excluding tert-OH is 5. The van der Waals surface area contributed by atoms with Crippen LogP contribution in [0.15, 0.2) is 0 Å². The van der Waals surface area contributed by atoms with Gasteiger partial charge in [0.25, 0.3) is 0 Å². The zero-order valence-corrected chi connectivity index (χ0v) is 8.92. The predicted octanol–water partition coefficient (Wildman–Crippen LogP) is -4.17. The third-order valence-corrected chi connectivity index (χ3v) is 1.51. The predicted molar refractivity (Wildman–Crippen MR) is 41.7 cm³/mol. The van der Waals surface area contributed by atoms with Crippen molar-refractivity contribution in [2.24, 2.45) is 0 Å². The third-order valence-electron chi connectivity index (χ3n) is 1.51. The van der Waals surface area contributed by atoms with E-state index in [0.29, 0.717) is 0 Å². The molecule has 0 aromatic carbocycles. The molecule has 99 valence electrons. The number of rotatable bonds is 5. The molecule has 0 aliphatic rings. The molecular formula is C6H13FeO9. The molecule has 7 N–H and O–H groups in total. The molecule has 0 rings (SSSR count). The first kappa shape index (κ1) is 17.9. The molecule has 0 amide bonds. The zero-order valence-electron chi connectivity index (χ0n) is 7.82. The van der Waals surface area contributed by atoms with Crippen molar-refractivity contribution < 1.29 is 58.7 Å². The summed E-state index contributed by atoms with van der Waals surface area (Å²) in [5.41, 5.74) is 0. The van der Waals surface area contributed by atoms with Crippen molar-refractivity contribution in [2.75, 3.05) is 6.61 Å². The van der Waals surface area contributed by atoms with Crippen LogP contribution in [0, 0.1) is 0 Å². The van der Waals surface area contributed by atoms with E-state index in [-0.39, 0.29) is 0 Å². The van der Waals surface area contributed by atoms with Crippen molar-refractivity contribution in [2.45, 2.75) is 24.4 Å². The standard InChI is InChI=1S/C6H12O7.Fe.H2O.O/c7-1-2(8)3(9)4(10)5(11)6(12)13;;;/h2-5,7-11H,1H2,(H,12,13);;1H2;/q;+1;;/p-1/t2-,3-,4+,5-;;;/m1.../s1. The molecule has 0 unspecified atom stereocenters. The molecule has 0 saturated carbocycles. The Hall–Kier alpha value is -0.451. The number of carboxylic acid groups (broad SMARTS) is 1. The molecule has 0 aliphatic carbocycles. The molecule has 0 radical (unpaired) electrons. The Kier molecular flexibility index (Phi) is 10.9. The van der Waals surface area contributed by atoms with E-state index in [2.05, 4.69) is 0 Å². The summed E-state index contributed by atoms with van der Waals surface area (Å²) in [5.74, 6) is -1.73. The van der Waals surface area contributed by atoms with Crippen LogP contribution in [-0.4, -0.2) is 71.8 Å². The van der Waals surface area contributed by atoms with Gasteiger partial charge in [-0.2, -0.15) is 0 Å². The SMILES string of the molecule is O=C(O)[C@H](O)[C@@H](O)[C@H](O)[C@H](O)CO.[O]=[Fe][OH]. The van der Waals surface area contributed by atoms with Crippen LogP contribution in [0.25, 0.3) is 0 Å². The Balaban J connectivity index is 0. The van der Waals surface area contributed by atoms with Crippen LogP contribution in [0.4, 0.5) is 0 Å². The van der Waals surface area contributed by atoms with Crippen LogP contribution in [0.1, 0.15) is 0 Å². The van der Waals surface area contributed by atoms with E-state index >= 15 is 0 Å². The molecule has 0 aromatic rings. The Morgan fingerprint density at radius 1 is 1.12 bits per heavy atom. The first-order chi connectivity index (χ1) is 7.33. The third kappa shape index (κ3) is 6.93. The fourth-order valence-electron chi connectivity index (χ4n) is 0.668. The number of carbonyl (C=O) groups is 1. The Morgan fingerprint density at radius 2 is 1.50 bits per heavy atom. The van der Waals surface area contributed by atoms with Crippen LogP contribution >= 0.6 is 0 Å². The van der Waals surface area contributed by atoms with Crippen molar-refractivity contribution in [3.8, 4) is 0 Å². The van der Waals surface area contributed by atoms with Gasteiger partial charge in [-0.05, 0) is 0 Å². The number of aliphatic hydroxyl groups is 5. The molecule has 0 spiro atoms. The summed E-state index contributed by atoms with van der Waals surface area (Å²) in [4.78, 5) is 10.1. The van der Waals surface area contributed by atoms with Crippen molar-refractivity contribution in [3.05, 3.63) is 0 Å². The first-order valence-electron chi connectivity index (χ1n) is 3.78. The average molecular weight is 285 g/mol. The maximum atomic E-state index is 10.1. The van der Waals surface area contributed by atoms with Gasteiger partial charge in [0.15, 0.2) is 6.10 Å². The van der Waals surface area contributed by atoms with Gasteiger partial charge in [0.05, 0.1) is 6.61 Å². The molecular weight excluding hydrogens is 272 g/mol. The van der Waals surface area contributed by atoms with E-state index in [1.54, 1.807) is 0 Å². The number of carboxylic acids is 1. The maximum absolute atomic E-state index is 10.1. The Labute approximate surface area is 96.3 Å². The topological polar surface area (TPSA) is 176 Å². The molecule has 0 aliphatic heterocycles. The summed E-state index contributed by atoms with van der Waals surface area (Å²) in [6.45, 7) is -0.843. The van der Waals surface area contributed by atoms with E-state index in [4.69, 9.17) is 38.7 Å². The van der Waals surface area contributed by atoms with Gasteiger partial charge in [-0.25, -0.2) is 4.79 Å². The quantitative estimate of drug-likeness (QED) is 0.247. The van der Waals surface area contributed by atoms with Gasteiger partial charge in [0, 0.05) is 0 Å². The molecule has 0 saturated heterocycles. The van der Waals surface area contributed by atoms with Gasteiger partial charge in [0.2, 0.25) is 0 Å². The number of aliphatic carboxylic acids is 1. The van der Waals surface area contributed by atoms with E-state index in [0.717, 1.165) is 0 Å². The van der Waals surface area contributed by atoms with Gasteiger partial charge in [-0.1, -0.05) is 0 Å². The fourth-order valence-corrected chi connectivity index (χ4v) is 0.668. The van der Waals surface area contributed by atoms with Crippen molar-refractivity contribution in [1.82, 2.24) is 0 Å². The normalized spacial score (nSPS) is 17.6. The van der Waals surface area contributed by atoms with Gasteiger partial charge < -0.3 is 30.6 Å². The molecule has 9 nitrogen and oxygen atoms in total. The second-order valence-corrected chi connectivity index (χ2v) is 2.78. The number of hydrogen-bond acceptors (Lipinski definition) is 7. The molecule has 4 atom stereocenters. The van der Waals surface area contributed by atoms with E-state index < -0.39 is 52.2 Å². The summed E-state index contributed by atoms with van der Waals surface area (Å²) in [6, 6.07) is 0. The van der Waals surface area contributed by atoms with E-state index in [1.807, 2.05) is 0 Å². The van der Waals surface area contributed by atoms with Crippen LogP contribution in [0.5, 0.6) is 0 Å². The van der Waals surface area contributed by atoms with Crippen LogP contribution < -0.4 is 0 Å². The van der Waals surface area contributed by atoms with Gasteiger partial charge >= 0.3 is 29.2 Å². The summed E-state index contributed by atoms with van der Waals surface area (Å²) in [7, 11) is 0. The minimum absolute atomic E-state index is 0.843. The molecule has 10 heteroatoms. The Bertz CT molecular complexity index is 210. The van der Waals surface area contributed by atoms with Crippen LogP contribution in [0.2, 0.25) is 0 Å². The van der Waals surface area contributed by atoms with E-state index in [9.17, 15) is 4.79 Å². The molecule has 16 heavy (non-hydrogen) atoms.